The molecule has 19 heavy (non-hydrogen) atoms. The van der Waals surface area contributed by atoms with E-state index in [9.17, 15) is 9.90 Å². The number of fused-ring (bicyclic) bond motifs is 1. The van der Waals surface area contributed by atoms with Crippen LogP contribution in [-0.2, 0) is 6.42 Å². The van der Waals surface area contributed by atoms with Crippen LogP contribution in [0.1, 0.15) is 11.3 Å². The number of para-hydroxylation sites is 2. The van der Waals surface area contributed by atoms with Crippen molar-refractivity contribution < 1.29 is 5.11 Å². The monoisotopic (exact) mass is 252 g/mol. The number of H-pyrrole nitrogens is 1. The molecule has 4 nitrogen and oxygen atoms in total. The number of nitrogens with zero attached hydrogens (tertiary/aromatic N) is 1. The molecular weight excluding hydrogens is 240 g/mol. The summed E-state index contributed by atoms with van der Waals surface area (Å²) in [7, 11) is 0. The minimum atomic E-state index is -0.174. The van der Waals surface area contributed by atoms with Crippen molar-refractivity contribution in [1.82, 2.24) is 9.97 Å². The molecule has 2 N–H and O–H groups in total. The number of phenols is 1. The van der Waals surface area contributed by atoms with E-state index in [1.54, 1.807) is 24.3 Å². The molecule has 94 valence electrons. The lowest BCUT2D eigenvalue weighted by molar-refractivity contribution is 0.475. The number of aromatic nitrogens is 2. The summed E-state index contributed by atoms with van der Waals surface area (Å²) in [6.45, 7) is 0. The zero-order chi connectivity index (χ0) is 13.2. The Morgan fingerprint density at radius 2 is 1.79 bits per heavy atom. The van der Waals surface area contributed by atoms with Gasteiger partial charge < -0.3 is 10.1 Å². The topological polar surface area (TPSA) is 66.0 Å². The molecule has 2 aromatic carbocycles. The van der Waals surface area contributed by atoms with Crippen LogP contribution in [-0.4, -0.2) is 15.1 Å². The smallest absolute Gasteiger partial charge is 0.270 e. The van der Waals surface area contributed by atoms with Gasteiger partial charge in [0.15, 0.2) is 0 Å². The molecule has 0 radical (unpaired) electrons. The highest BCUT2D eigenvalue weighted by molar-refractivity contribution is 5.73. The molecule has 1 aromatic heterocycles. The number of aromatic hydroxyl groups is 1. The maximum atomic E-state index is 11.9. The molecule has 3 aromatic rings. The van der Waals surface area contributed by atoms with Gasteiger partial charge in [0.2, 0.25) is 0 Å². The molecule has 0 aliphatic rings. The molecule has 0 saturated heterocycles. The van der Waals surface area contributed by atoms with E-state index in [0.29, 0.717) is 12.1 Å². The van der Waals surface area contributed by atoms with E-state index in [2.05, 4.69) is 9.97 Å². The van der Waals surface area contributed by atoms with Crippen LogP contribution < -0.4 is 5.56 Å². The summed E-state index contributed by atoms with van der Waals surface area (Å²) >= 11 is 0. The van der Waals surface area contributed by atoms with Crippen molar-refractivity contribution in [3.8, 4) is 5.75 Å². The molecule has 3 rings (SSSR count). The van der Waals surface area contributed by atoms with E-state index >= 15 is 0 Å². The molecule has 0 atom stereocenters. The van der Waals surface area contributed by atoms with Gasteiger partial charge in [0.25, 0.3) is 5.56 Å². The van der Waals surface area contributed by atoms with E-state index in [-0.39, 0.29) is 11.3 Å². The Morgan fingerprint density at radius 3 is 2.58 bits per heavy atom. The fourth-order valence-corrected chi connectivity index (χ4v) is 1.99. The largest absolute Gasteiger partial charge is 0.508 e. The van der Waals surface area contributed by atoms with Gasteiger partial charge >= 0.3 is 0 Å². The van der Waals surface area contributed by atoms with Crippen molar-refractivity contribution in [3.05, 3.63) is 70.1 Å². The van der Waals surface area contributed by atoms with Crippen LogP contribution in [0.2, 0.25) is 0 Å². The Bertz CT molecular complexity index is 776. The third kappa shape index (κ3) is 2.33. The number of benzene rings is 2. The average Bonchev–Trinajstić information content (AvgIpc) is 2.42. The first-order chi connectivity index (χ1) is 9.22. The van der Waals surface area contributed by atoms with Gasteiger partial charge in [-0.15, -0.1) is 0 Å². The number of aromatic amines is 1. The van der Waals surface area contributed by atoms with Crippen LogP contribution in [0.5, 0.6) is 5.75 Å². The third-order valence-corrected chi connectivity index (χ3v) is 2.98. The SMILES string of the molecule is O=c1[nH]c2ccccc2nc1Cc1ccc(O)cc1. The lowest BCUT2D eigenvalue weighted by Crippen LogP contribution is -2.15. The average molecular weight is 252 g/mol. The zero-order valence-electron chi connectivity index (χ0n) is 10.1. The summed E-state index contributed by atoms with van der Waals surface area (Å²) in [6.07, 6.45) is 0.445. The number of hydrogen-bond donors (Lipinski definition) is 2. The first-order valence-electron chi connectivity index (χ1n) is 5.98. The highest BCUT2D eigenvalue weighted by Gasteiger charge is 2.05. The number of hydrogen-bond acceptors (Lipinski definition) is 3. The summed E-state index contributed by atoms with van der Waals surface area (Å²) in [4.78, 5) is 19.1. The van der Waals surface area contributed by atoms with Crippen molar-refractivity contribution in [2.75, 3.05) is 0 Å². The van der Waals surface area contributed by atoms with E-state index in [0.717, 1.165) is 16.6 Å². The van der Waals surface area contributed by atoms with Gasteiger partial charge in [-0.05, 0) is 29.8 Å². The summed E-state index contributed by atoms with van der Waals surface area (Å²) < 4.78 is 0. The van der Waals surface area contributed by atoms with Gasteiger partial charge in [-0.1, -0.05) is 24.3 Å². The number of rotatable bonds is 2. The van der Waals surface area contributed by atoms with E-state index in [1.165, 1.54) is 0 Å². The minimum Gasteiger partial charge on any atom is -0.508 e. The van der Waals surface area contributed by atoms with Crippen LogP contribution in [0.4, 0.5) is 0 Å². The maximum absolute atomic E-state index is 11.9. The summed E-state index contributed by atoms with van der Waals surface area (Å²) in [5.41, 5.74) is 2.75. The van der Waals surface area contributed by atoms with Crippen LogP contribution in [0.3, 0.4) is 0 Å². The summed E-state index contributed by atoms with van der Waals surface area (Å²) in [5.74, 6) is 0.212. The Balaban J connectivity index is 2.03. The minimum absolute atomic E-state index is 0.174. The molecule has 0 spiro atoms. The van der Waals surface area contributed by atoms with Crippen LogP contribution in [0.15, 0.2) is 53.3 Å². The molecule has 1 heterocycles. The van der Waals surface area contributed by atoms with Gasteiger partial charge in [-0.25, -0.2) is 4.98 Å². The van der Waals surface area contributed by atoms with Crippen molar-refractivity contribution in [3.63, 3.8) is 0 Å². The Labute approximate surface area is 109 Å². The van der Waals surface area contributed by atoms with Crippen molar-refractivity contribution in [2.45, 2.75) is 6.42 Å². The van der Waals surface area contributed by atoms with Gasteiger partial charge in [0.1, 0.15) is 11.4 Å². The van der Waals surface area contributed by atoms with E-state index < -0.39 is 0 Å². The molecule has 0 amide bonds. The predicted molar refractivity (Wildman–Crippen MR) is 73.3 cm³/mol. The first-order valence-corrected chi connectivity index (χ1v) is 5.98. The summed E-state index contributed by atoms with van der Waals surface area (Å²) in [5, 5.41) is 9.24. The molecule has 0 aliphatic heterocycles. The highest BCUT2D eigenvalue weighted by atomic mass is 16.3. The predicted octanol–water partition coefficient (Wildman–Crippen LogP) is 2.22. The molecular formula is C15H12N2O2. The lowest BCUT2D eigenvalue weighted by atomic mass is 10.1. The van der Waals surface area contributed by atoms with Gasteiger partial charge in [0.05, 0.1) is 11.0 Å². The quantitative estimate of drug-likeness (QED) is 0.735. The van der Waals surface area contributed by atoms with Gasteiger partial charge in [-0.2, -0.15) is 0 Å². The second-order valence-corrected chi connectivity index (χ2v) is 4.37. The van der Waals surface area contributed by atoms with Crippen LogP contribution >= 0.6 is 0 Å². The standard InChI is InChI=1S/C15H12N2O2/c18-11-7-5-10(6-8-11)9-14-15(19)17-13-4-2-1-3-12(13)16-14/h1-8,18H,9H2,(H,17,19). The molecule has 0 unspecified atom stereocenters. The fourth-order valence-electron chi connectivity index (χ4n) is 1.99. The van der Waals surface area contributed by atoms with E-state index in [1.807, 2.05) is 24.3 Å². The van der Waals surface area contributed by atoms with Crippen molar-refractivity contribution >= 4 is 11.0 Å². The molecule has 0 bridgehead atoms. The van der Waals surface area contributed by atoms with Crippen molar-refractivity contribution in [1.29, 1.82) is 0 Å². The summed E-state index contributed by atoms with van der Waals surface area (Å²) in [6, 6.07) is 14.2. The highest BCUT2D eigenvalue weighted by Crippen LogP contribution is 2.13. The lowest BCUT2D eigenvalue weighted by Gasteiger charge is -2.03. The molecule has 0 fully saturated rings. The fraction of sp³-hybridized carbons (Fsp3) is 0.0667. The van der Waals surface area contributed by atoms with Crippen LogP contribution in [0.25, 0.3) is 11.0 Å². The Kier molecular flexibility index (Phi) is 2.76. The zero-order valence-corrected chi connectivity index (χ0v) is 10.1. The number of phenolic OH excluding ortho intramolecular Hbond substituents is 1. The molecule has 0 aliphatic carbocycles. The number of nitrogens with one attached hydrogen (secondary N) is 1. The van der Waals surface area contributed by atoms with Crippen molar-refractivity contribution in [2.24, 2.45) is 0 Å². The second-order valence-electron chi connectivity index (χ2n) is 4.37. The Morgan fingerprint density at radius 1 is 1.05 bits per heavy atom. The van der Waals surface area contributed by atoms with E-state index in [4.69, 9.17) is 0 Å². The van der Waals surface area contributed by atoms with Gasteiger partial charge in [-0.3, -0.25) is 4.79 Å². The third-order valence-electron chi connectivity index (χ3n) is 2.98. The second kappa shape index (κ2) is 4.57. The van der Waals surface area contributed by atoms with Gasteiger partial charge in [0, 0.05) is 6.42 Å². The Hall–Kier alpha value is -2.62. The maximum Gasteiger partial charge on any atom is 0.270 e. The normalized spacial score (nSPS) is 10.7. The molecule has 0 saturated carbocycles. The molecule has 4 heteroatoms. The van der Waals surface area contributed by atoms with Crippen LogP contribution in [0, 0.1) is 0 Å². The first kappa shape index (κ1) is 11.5.